The number of nitrogens with one attached hydrogen (secondary N) is 1. The lowest BCUT2D eigenvalue weighted by atomic mass is 9.88. The number of fused-ring (bicyclic) bond motifs is 1. The molecule has 1 saturated carbocycles. The fraction of sp³-hybridized carbons (Fsp3) is 0.318. The van der Waals surface area contributed by atoms with E-state index in [2.05, 4.69) is 10.4 Å². The van der Waals surface area contributed by atoms with Crippen LogP contribution >= 0.6 is 0 Å². The number of amides is 1. The molecule has 0 bridgehead atoms. The maximum atomic E-state index is 13.3. The van der Waals surface area contributed by atoms with Gasteiger partial charge >= 0.3 is 0 Å². The van der Waals surface area contributed by atoms with Crippen molar-refractivity contribution in [2.75, 3.05) is 0 Å². The molecule has 1 aliphatic carbocycles. The van der Waals surface area contributed by atoms with Gasteiger partial charge in [0.1, 0.15) is 12.4 Å². The Morgan fingerprint density at radius 1 is 1.11 bits per heavy atom. The largest absolute Gasteiger partial charge is 0.345 e. The van der Waals surface area contributed by atoms with Crippen LogP contribution in [0.2, 0.25) is 0 Å². The number of nitrogens with zero attached hydrogens (tertiary/aromatic N) is 2. The predicted octanol–water partition coefficient (Wildman–Crippen LogP) is 3.43. The predicted molar refractivity (Wildman–Crippen MR) is 105 cm³/mol. The Balaban J connectivity index is 1.62. The molecule has 0 unspecified atom stereocenters. The van der Waals surface area contributed by atoms with Crippen molar-refractivity contribution in [1.29, 1.82) is 0 Å². The molecule has 0 atom stereocenters. The van der Waals surface area contributed by atoms with Gasteiger partial charge in [0.05, 0.1) is 16.6 Å². The average molecular weight is 379 g/mol. The van der Waals surface area contributed by atoms with Gasteiger partial charge in [-0.3, -0.25) is 9.59 Å². The first-order valence-electron chi connectivity index (χ1n) is 9.52. The molecular weight excluding hydrogens is 357 g/mol. The summed E-state index contributed by atoms with van der Waals surface area (Å²) in [6, 6.07) is 13.6. The van der Waals surface area contributed by atoms with Gasteiger partial charge in [0, 0.05) is 5.39 Å². The second-order valence-corrected chi connectivity index (χ2v) is 7.44. The van der Waals surface area contributed by atoms with Crippen LogP contribution in [0.5, 0.6) is 0 Å². The topological polar surface area (TPSA) is 64.0 Å². The molecule has 1 fully saturated rings. The van der Waals surface area contributed by atoms with E-state index in [-0.39, 0.29) is 23.8 Å². The third-order valence-electron chi connectivity index (χ3n) is 5.58. The molecule has 4 rings (SSSR count). The fourth-order valence-electron chi connectivity index (χ4n) is 4.19. The molecule has 3 aromatic rings. The summed E-state index contributed by atoms with van der Waals surface area (Å²) in [4.78, 5) is 25.5. The zero-order valence-corrected chi connectivity index (χ0v) is 15.7. The van der Waals surface area contributed by atoms with Gasteiger partial charge < -0.3 is 5.32 Å². The SMILES string of the molecule is Cc1nn(CC(=O)NC2(c3ccc(F)cc3)CCCC2)c(=O)c2ccccc12. The molecule has 1 heterocycles. The number of halogens is 1. The van der Waals surface area contributed by atoms with Gasteiger partial charge in [-0.1, -0.05) is 43.2 Å². The summed E-state index contributed by atoms with van der Waals surface area (Å²) in [6.07, 6.45) is 3.57. The summed E-state index contributed by atoms with van der Waals surface area (Å²) in [5.41, 5.74) is 0.811. The molecule has 1 N–H and O–H groups in total. The molecular formula is C22H22FN3O2. The highest BCUT2D eigenvalue weighted by Gasteiger charge is 2.37. The maximum Gasteiger partial charge on any atom is 0.275 e. The number of hydrogen-bond acceptors (Lipinski definition) is 3. The molecule has 0 aliphatic heterocycles. The molecule has 1 aliphatic rings. The van der Waals surface area contributed by atoms with Crippen LogP contribution < -0.4 is 10.9 Å². The van der Waals surface area contributed by atoms with Gasteiger partial charge in [0.15, 0.2) is 0 Å². The van der Waals surface area contributed by atoms with E-state index < -0.39 is 5.54 Å². The van der Waals surface area contributed by atoms with Crippen molar-refractivity contribution in [3.8, 4) is 0 Å². The summed E-state index contributed by atoms with van der Waals surface area (Å²) < 4.78 is 14.5. The third-order valence-corrected chi connectivity index (χ3v) is 5.58. The Morgan fingerprint density at radius 3 is 2.43 bits per heavy atom. The van der Waals surface area contributed by atoms with Gasteiger partial charge in [-0.05, 0) is 43.5 Å². The van der Waals surface area contributed by atoms with Crippen molar-refractivity contribution in [1.82, 2.24) is 15.1 Å². The molecule has 0 saturated heterocycles. The van der Waals surface area contributed by atoms with Crippen LogP contribution in [-0.4, -0.2) is 15.7 Å². The highest BCUT2D eigenvalue weighted by molar-refractivity contribution is 5.83. The van der Waals surface area contributed by atoms with Gasteiger partial charge in [-0.2, -0.15) is 5.10 Å². The van der Waals surface area contributed by atoms with E-state index in [0.717, 1.165) is 36.6 Å². The molecule has 1 aromatic heterocycles. The summed E-state index contributed by atoms with van der Waals surface area (Å²) in [6.45, 7) is 1.68. The first-order chi connectivity index (χ1) is 13.5. The zero-order valence-electron chi connectivity index (χ0n) is 15.7. The van der Waals surface area contributed by atoms with E-state index in [0.29, 0.717) is 11.1 Å². The second kappa shape index (κ2) is 7.19. The smallest absolute Gasteiger partial charge is 0.275 e. The van der Waals surface area contributed by atoms with E-state index >= 15 is 0 Å². The Morgan fingerprint density at radius 2 is 1.75 bits per heavy atom. The molecule has 2 aromatic carbocycles. The molecule has 6 heteroatoms. The quantitative estimate of drug-likeness (QED) is 0.755. The minimum absolute atomic E-state index is 0.145. The summed E-state index contributed by atoms with van der Waals surface area (Å²) in [7, 11) is 0. The normalized spacial score (nSPS) is 15.6. The van der Waals surface area contributed by atoms with Crippen molar-refractivity contribution in [3.05, 3.63) is 76.0 Å². The molecule has 28 heavy (non-hydrogen) atoms. The van der Waals surface area contributed by atoms with Crippen LogP contribution in [-0.2, 0) is 16.9 Å². The van der Waals surface area contributed by atoms with E-state index in [1.807, 2.05) is 19.1 Å². The first kappa shape index (κ1) is 18.3. The molecule has 0 spiro atoms. The van der Waals surface area contributed by atoms with E-state index in [1.54, 1.807) is 24.3 Å². The van der Waals surface area contributed by atoms with Crippen molar-refractivity contribution < 1.29 is 9.18 Å². The molecule has 144 valence electrons. The minimum Gasteiger partial charge on any atom is -0.345 e. The lowest BCUT2D eigenvalue weighted by Crippen LogP contribution is -2.46. The van der Waals surface area contributed by atoms with Crippen LogP contribution in [0.15, 0.2) is 53.3 Å². The first-order valence-corrected chi connectivity index (χ1v) is 9.52. The van der Waals surface area contributed by atoms with E-state index in [9.17, 15) is 14.0 Å². The van der Waals surface area contributed by atoms with Gasteiger partial charge in [0.25, 0.3) is 5.56 Å². The number of carbonyl (C=O) groups excluding carboxylic acids is 1. The second-order valence-electron chi connectivity index (χ2n) is 7.44. The highest BCUT2D eigenvalue weighted by Crippen LogP contribution is 2.38. The molecule has 5 nitrogen and oxygen atoms in total. The van der Waals surface area contributed by atoms with Crippen LogP contribution in [0.1, 0.15) is 36.9 Å². The van der Waals surface area contributed by atoms with Gasteiger partial charge in [-0.25, -0.2) is 9.07 Å². The van der Waals surface area contributed by atoms with Crippen LogP contribution in [0.3, 0.4) is 0 Å². The summed E-state index contributed by atoms with van der Waals surface area (Å²) in [5.74, 6) is -0.568. The Hall–Kier alpha value is -3.02. The average Bonchev–Trinajstić information content (AvgIpc) is 3.16. The van der Waals surface area contributed by atoms with Crippen molar-refractivity contribution in [3.63, 3.8) is 0 Å². The molecule has 1 amide bonds. The summed E-state index contributed by atoms with van der Waals surface area (Å²) >= 11 is 0. The van der Waals surface area contributed by atoms with Gasteiger partial charge in [0.2, 0.25) is 5.91 Å². The van der Waals surface area contributed by atoms with Crippen molar-refractivity contribution in [2.45, 2.75) is 44.7 Å². The lowest BCUT2D eigenvalue weighted by Gasteiger charge is -2.31. The standard InChI is InChI=1S/C22H22FN3O2/c1-15-18-6-2-3-7-19(18)21(28)26(25-15)14-20(27)24-22(12-4-5-13-22)16-8-10-17(23)11-9-16/h2-3,6-11H,4-5,12-14H2,1H3,(H,24,27). The lowest BCUT2D eigenvalue weighted by molar-refractivity contribution is -0.124. The number of benzene rings is 2. The Bertz CT molecular complexity index is 1080. The Labute approximate surface area is 162 Å². The third kappa shape index (κ3) is 3.30. The summed E-state index contributed by atoms with van der Waals surface area (Å²) in [5, 5.41) is 8.77. The van der Waals surface area contributed by atoms with Crippen molar-refractivity contribution >= 4 is 16.7 Å². The monoisotopic (exact) mass is 379 g/mol. The van der Waals surface area contributed by atoms with E-state index in [1.165, 1.54) is 16.8 Å². The molecule has 0 radical (unpaired) electrons. The van der Waals surface area contributed by atoms with Crippen molar-refractivity contribution in [2.24, 2.45) is 0 Å². The zero-order chi connectivity index (χ0) is 19.7. The maximum absolute atomic E-state index is 13.3. The van der Waals surface area contributed by atoms with E-state index in [4.69, 9.17) is 0 Å². The minimum atomic E-state index is -0.514. The van der Waals surface area contributed by atoms with Crippen LogP contribution in [0, 0.1) is 12.7 Å². The van der Waals surface area contributed by atoms with Crippen LogP contribution in [0.4, 0.5) is 4.39 Å². The van der Waals surface area contributed by atoms with Gasteiger partial charge in [-0.15, -0.1) is 0 Å². The number of aromatic nitrogens is 2. The number of rotatable bonds is 4. The number of carbonyl (C=O) groups is 1. The fourth-order valence-corrected chi connectivity index (χ4v) is 4.19. The van der Waals surface area contributed by atoms with Crippen LogP contribution in [0.25, 0.3) is 10.8 Å². The number of aryl methyl sites for hydroxylation is 1. The Kier molecular flexibility index (Phi) is 4.71. The highest BCUT2D eigenvalue weighted by atomic mass is 19.1. The number of hydrogen-bond donors (Lipinski definition) is 1.